The van der Waals surface area contributed by atoms with Crippen LogP contribution in [0.3, 0.4) is 0 Å². The molecule has 0 amide bonds. The lowest BCUT2D eigenvalue weighted by molar-refractivity contribution is -0.204. The van der Waals surface area contributed by atoms with Crippen molar-refractivity contribution in [2.45, 2.75) is 72.3 Å². The third-order valence-corrected chi connectivity index (χ3v) is 10.4. The number of carbonyl (C=O) groups excluding carboxylic acids is 2. The van der Waals surface area contributed by atoms with Crippen LogP contribution in [-0.2, 0) is 32.5 Å². The van der Waals surface area contributed by atoms with Gasteiger partial charge >= 0.3 is 7.82 Å². The van der Waals surface area contributed by atoms with E-state index >= 15 is 8.78 Å². The summed E-state index contributed by atoms with van der Waals surface area (Å²) in [5.41, 5.74) is 1.92. The fourth-order valence-corrected chi connectivity index (χ4v) is 6.93. The van der Waals surface area contributed by atoms with Crippen LogP contribution in [-0.4, -0.2) is 90.9 Å². The summed E-state index contributed by atoms with van der Waals surface area (Å²) in [6, 6.07) is 0. The molecule has 1 saturated heterocycles. The first-order valence-corrected chi connectivity index (χ1v) is 17.4. The minimum atomic E-state index is -4.59. The number of aromatic nitrogens is 4. The molecule has 0 bridgehead atoms. The molecule has 0 spiro atoms. The Hall–Kier alpha value is -1.92. The maximum absolute atomic E-state index is 16.2. The van der Waals surface area contributed by atoms with Gasteiger partial charge in [0.2, 0.25) is 5.95 Å². The van der Waals surface area contributed by atoms with E-state index in [4.69, 9.17) is 24.0 Å². The molecule has 1 aliphatic rings. The molecular formula is C26H41F2N6O8PS2. The van der Waals surface area contributed by atoms with E-state index in [9.17, 15) is 19.3 Å². The number of nitrogens with zero attached hydrogens (tertiary/aromatic N) is 4. The van der Waals surface area contributed by atoms with Crippen molar-refractivity contribution >= 4 is 64.5 Å². The molecule has 0 radical (unpaired) electrons. The van der Waals surface area contributed by atoms with Crippen molar-refractivity contribution in [3.8, 4) is 0 Å². The number of hydrogen-bond acceptors (Lipinski definition) is 15. The van der Waals surface area contributed by atoms with Gasteiger partial charge in [-0.3, -0.25) is 27.7 Å². The quantitative estimate of drug-likeness (QED) is 0.196. The largest absolute Gasteiger partial charge is 0.475 e. The van der Waals surface area contributed by atoms with Crippen molar-refractivity contribution in [2.75, 3.05) is 49.4 Å². The molecule has 4 N–H and O–H groups in total. The zero-order valence-electron chi connectivity index (χ0n) is 26.5. The smallest absolute Gasteiger partial charge is 0.384 e. The summed E-state index contributed by atoms with van der Waals surface area (Å²) in [5.74, 6) is -3.05. The topological polar surface area (TPSA) is 190 Å². The van der Waals surface area contributed by atoms with E-state index in [2.05, 4.69) is 20.3 Å². The summed E-state index contributed by atoms with van der Waals surface area (Å²) < 4.78 is 68.1. The third kappa shape index (κ3) is 8.91. The van der Waals surface area contributed by atoms with E-state index in [0.717, 1.165) is 41.3 Å². The number of rotatable bonds is 13. The van der Waals surface area contributed by atoms with Gasteiger partial charge in [0.1, 0.15) is 6.61 Å². The molecule has 1 fully saturated rings. The van der Waals surface area contributed by atoms with E-state index in [-0.39, 0.29) is 57.9 Å². The van der Waals surface area contributed by atoms with Gasteiger partial charge in [0, 0.05) is 29.4 Å². The van der Waals surface area contributed by atoms with E-state index in [1.165, 1.54) is 0 Å². The number of fused-ring (bicyclic) bond motifs is 1. The number of hydrogen-bond donors (Lipinski definition) is 3. The van der Waals surface area contributed by atoms with Gasteiger partial charge in [-0.25, -0.2) is 18.3 Å². The highest BCUT2D eigenvalue weighted by Crippen LogP contribution is 2.54. The number of nitrogen functional groups attached to an aromatic ring is 1. The van der Waals surface area contributed by atoms with Crippen LogP contribution in [0, 0.1) is 10.8 Å². The van der Waals surface area contributed by atoms with Crippen LogP contribution in [0.4, 0.5) is 20.5 Å². The van der Waals surface area contributed by atoms with Crippen LogP contribution in [0.1, 0.15) is 54.7 Å². The molecule has 3 rings (SSSR count). The van der Waals surface area contributed by atoms with E-state index in [1.54, 1.807) is 48.6 Å². The molecule has 2 aromatic heterocycles. The lowest BCUT2D eigenvalue weighted by Gasteiger charge is -2.26. The number of aliphatic hydroxyl groups is 1. The molecule has 4 atom stereocenters. The second-order valence-electron chi connectivity index (χ2n) is 12.5. The summed E-state index contributed by atoms with van der Waals surface area (Å²) in [6.45, 7) is 9.51. The Bertz CT molecular complexity index is 1400. The fourth-order valence-electron chi connectivity index (χ4n) is 3.92. The van der Waals surface area contributed by atoms with Crippen LogP contribution in [0.2, 0.25) is 0 Å². The van der Waals surface area contributed by atoms with Gasteiger partial charge in [0.05, 0.1) is 19.5 Å². The summed E-state index contributed by atoms with van der Waals surface area (Å²) >= 11 is 1.88. The molecule has 45 heavy (non-hydrogen) atoms. The second kappa shape index (κ2) is 14.1. The molecule has 19 heteroatoms. The van der Waals surface area contributed by atoms with Crippen molar-refractivity contribution < 1.29 is 46.3 Å². The lowest BCUT2D eigenvalue weighted by atomic mass is 9.97. The van der Waals surface area contributed by atoms with Crippen molar-refractivity contribution in [3.05, 3.63) is 6.33 Å². The number of anilines is 2. The summed E-state index contributed by atoms with van der Waals surface area (Å²) in [4.78, 5) is 36.7. The van der Waals surface area contributed by atoms with Crippen LogP contribution in [0.25, 0.3) is 11.2 Å². The fraction of sp³-hybridized carbons (Fsp3) is 0.731. The maximum atomic E-state index is 16.2. The number of ether oxygens (including phenoxy) is 1. The lowest BCUT2D eigenvalue weighted by Crippen LogP contribution is -2.46. The number of halogens is 2. The maximum Gasteiger partial charge on any atom is 0.475 e. The highest BCUT2D eigenvalue weighted by molar-refractivity contribution is 8.14. The predicted molar refractivity (Wildman–Crippen MR) is 168 cm³/mol. The van der Waals surface area contributed by atoms with Crippen LogP contribution in [0.15, 0.2) is 6.33 Å². The Balaban J connectivity index is 1.77. The SMILES string of the molecule is CNc1nc(N)nc2c1ncn2[C@@H]1O[C@](F)(COP(=O)(OCCSC(=O)C(C)(C)C)OCCSC(=O)C(C)(C)C)[C@@H](O)[C@@]1(C)F. The first kappa shape index (κ1) is 37.5. The minimum absolute atomic E-state index is 0.0000367. The Morgan fingerprint density at radius 1 is 1.09 bits per heavy atom. The average Bonchev–Trinajstić information content (AvgIpc) is 3.43. The van der Waals surface area contributed by atoms with Gasteiger partial charge in [-0.05, 0) is 6.92 Å². The number of aliphatic hydroxyl groups excluding tert-OH is 1. The average molecular weight is 699 g/mol. The number of phosphoric ester groups is 1. The molecule has 14 nitrogen and oxygen atoms in total. The molecular weight excluding hydrogens is 657 g/mol. The zero-order valence-corrected chi connectivity index (χ0v) is 29.0. The summed E-state index contributed by atoms with van der Waals surface area (Å²) in [7, 11) is -3.03. The number of imidazole rings is 1. The van der Waals surface area contributed by atoms with E-state index in [0.29, 0.717) is 0 Å². The van der Waals surface area contributed by atoms with Gasteiger partial charge in [-0.15, -0.1) is 0 Å². The van der Waals surface area contributed by atoms with Gasteiger partial charge in [-0.2, -0.15) is 9.97 Å². The third-order valence-electron chi connectivity index (χ3n) is 6.44. The minimum Gasteiger partial charge on any atom is -0.384 e. The first-order valence-electron chi connectivity index (χ1n) is 13.9. The standard InChI is InChI=1S/C26H41F2N6O8PS2/c1-23(2,3)20(36)44-11-9-39-43(38,40-10-12-45-21(37)24(4,5)6)41-13-26(28)18(35)25(7,27)19(42-26)34-14-31-15-16(30-8)32-22(29)33-17(15)34/h14,18-19,35H,9-13H2,1-8H3,(H3,29,30,32,33)/t18-,19+,25+,26+/m0/s1. The van der Waals surface area contributed by atoms with Crippen molar-refractivity contribution in [1.82, 2.24) is 19.5 Å². The molecule has 0 aromatic carbocycles. The number of thioether (sulfide) groups is 2. The Morgan fingerprint density at radius 3 is 2.11 bits per heavy atom. The van der Waals surface area contributed by atoms with E-state index in [1.807, 2.05) is 0 Å². The number of nitrogens with two attached hydrogens (primary N) is 1. The summed E-state index contributed by atoms with van der Waals surface area (Å²) in [6.07, 6.45) is -3.12. The Kier molecular flexibility index (Phi) is 11.7. The number of phosphoric acid groups is 1. The molecule has 0 unspecified atom stereocenters. The molecule has 254 valence electrons. The Labute approximate surface area is 268 Å². The number of alkyl halides is 2. The van der Waals surface area contributed by atoms with Gasteiger partial charge in [0.15, 0.2) is 45.2 Å². The van der Waals surface area contributed by atoms with Crippen molar-refractivity contribution in [1.29, 1.82) is 0 Å². The normalized spacial score (nSPS) is 24.3. The molecule has 3 heterocycles. The highest BCUT2D eigenvalue weighted by atomic mass is 32.2. The first-order chi connectivity index (χ1) is 20.6. The van der Waals surface area contributed by atoms with E-state index < -0.39 is 49.1 Å². The second-order valence-corrected chi connectivity index (χ2v) is 16.3. The van der Waals surface area contributed by atoms with Gasteiger partial charge in [0.25, 0.3) is 5.85 Å². The van der Waals surface area contributed by atoms with Crippen LogP contribution in [0.5, 0.6) is 0 Å². The summed E-state index contributed by atoms with van der Waals surface area (Å²) in [5, 5.41) is 13.3. The molecule has 0 aliphatic carbocycles. The van der Waals surface area contributed by atoms with Crippen molar-refractivity contribution in [3.63, 3.8) is 0 Å². The van der Waals surface area contributed by atoms with Crippen LogP contribution < -0.4 is 11.1 Å². The number of nitrogens with one attached hydrogen (secondary N) is 1. The molecule has 0 saturated carbocycles. The Morgan fingerprint density at radius 2 is 1.62 bits per heavy atom. The van der Waals surface area contributed by atoms with Crippen LogP contribution >= 0.6 is 31.3 Å². The zero-order chi connectivity index (χ0) is 34.0. The van der Waals surface area contributed by atoms with Crippen molar-refractivity contribution in [2.24, 2.45) is 10.8 Å². The van der Waals surface area contributed by atoms with Gasteiger partial charge < -0.3 is 20.9 Å². The molecule has 2 aromatic rings. The highest BCUT2D eigenvalue weighted by Gasteiger charge is 2.65. The predicted octanol–water partition coefficient (Wildman–Crippen LogP) is 4.50. The van der Waals surface area contributed by atoms with Gasteiger partial charge in [-0.1, -0.05) is 65.1 Å². The number of carbonyl (C=O) groups is 2. The molecule has 1 aliphatic heterocycles. The monoisotopic (exact) mass is 698 g/mol.